The predicted molar refractivity (Wildman–Crippen MR) is 123 cm³/mol. The zero-order valence-corrected chi connectivity index (χ0v) is 18.8. The second kappa shape index (κ2) is 9.31. The minimum Gasteiger partial charge on any atom is -0.370 e. The van der Waals surface area contributed by atoms with Crippen molar-refractivity contribution in [1.29, 1.82) is 0 Å². The Kier molecular flexibility index (Phi) is 6.54. The highest BCUT2D eigenvalue weighted by molar-refractivity contribution is 7.16. The van der Waals surface area contributed by atoms with Gasteiger partial charge in [-0.15, -0.1) is 11.3 Å². The van der Waals surface area contributed by atoms with Crippen LogP contribution in [0.4, 0.5) is 5.00 Å². The van der Waals surface area contributed by atoms with E-state index in [4.69, 9.17) is 16.3 Å². The Labute approximate surface area is 186 Å². The monoisotopic (exact) mass is 441 g/mol. The molecule has 1 fully saturated rings. The number of halogens is 1. The number of hydrogen-bond donors (Lipinski definition) is 2. The van der Waals surface area contributed by atoms with Gasteiger partial charge in [0.15, 0.2) is 0 Å². The Hall–Kier alpha value is -2.18. The fourth-order valence-electron chi connectivity index (χ4n) is 4.06. The Bertz CT molecular complexity index is 1030. The largest absolute Gasteiger partial charge is 0.370 e. The molecule has 2 heterocycles. The number of quaternary nitrogens is 1. The molecular formula is C24H26ClN2O2S+. The lowest BCUT2D eigenvalue weighted by molar-refractivity contribution is -0.933. The van der Waals surface area contributed by atoms with Gasteiger partial charge in [0.1, 0.15) is 24.1 Å². The van der Waals surface area contributed by atoms with Crippen molar-refractivity contribution in [2.24, 2.45) is 0 Å². The number of ether oxygens (including phenoxy) is 1. The summed E-state index contributed by atoms with van der Waals surface area (Å²) < 4.78 is 5.62. The summed E-state index contributed by atoms with van der Waals surface area (Å²) in [7, 11) is 0. The molecule has 0 aliphatic carbocycles. The first kappa shape index (κ1) is 21.1. The molecule has 2 N–H and O–H groups in total. The van der Waals surface area contributed by atoms with Crippen molar-refractivity contribution in [3.05, 3.63) is 86.8 Å². The van der Waals surface area contributed by atoms with Gasteiger partial charge in [-0.3, -0.25) is 4.79 Å². The smallest absolute Gasteiger partial charge is 0.256 e. The molecule has 1 amide bonds. The topological polar surface area (TPSA) is 42.8 Å². The van der Waals surface area contributed by atoms with Crippen LogP contribution in [0.5, 0.6) is 0 Å². The standard InChI is InChI=1S/C24H25ClN2O2S/c1-16-17(2)30-24(26-23(28)18-8-4-3-5-9-18)21(16)22(27-12-14-29-15-13-27)19-10-6-7-11-20(19)25/h3-11,22H,12-15H2,1-2H3,(H,26,28)/p+1. The molecule has 0 bridgehead atoms. The fourth-order valence-corrected chi connectivity index (χ4v) is 5.40. The van der Waals surface area contributed by atoms with Crippen molar-refractivity contribution in [3.63, 3.8) is 0 Å². The van der Waals surface area contributed by atoms with E-state index in [1.807, 2.05) is 48.5 Å². The molecule has 1 aliphatic heterocycles. The molecule has 30 heavy (non-hydrogen) atoms. The summed E-state index contributed by atoms with van der Waals surface area (Å²) in [5, 5.41) is 4.85. The third-order valence-corrected chi connectivity index (χ3v) is 7.23. The van der Waals surface area contributed by atoms with Gasteiger partial charge >= 0.3 is 0 Å². The summed E-state index contributed by atoms with van der Waals surface area (Å²) in [5.74, 6) is -0.0898. The van der Waals surface area contributed by atoms with Gasteiger partial charge in [-0.1, -0.05) is 48.0 Å². The highest BCUT2D eigenvalue weighted by Crippen LogP contribution is 2.40. The first-order valence-corrected chi connectivity index (χ1v) is 11.4. The third kappa shape index (κ3) is 4.30. The number of morpholine rings is 1. The van der Waals surface area contributed by atoms with E-state index in [0.29, 0.717) is 5.56 Å². The van der Waals surface area contributed by atoms with Crippen LogP contribution < -0.4 is 10.2 Å². The van der Waals surface area contributed by atoms with Gasteiger partial charge < -0.3 is 15.0 Å². The maximum absolute atomic E-state index is 12.9. The molecule has 1 saturated heterocycles. The quantitative estimate of drug-likeness (QED) is 0.620. The molecule has 1 aliphatic rings. The lowest BCUT2D eigenvalue weighted by Crippen LogP contribution is -3.14. The maximum atomic E-state index is 12.9. The van der Waals surface area contributed by atoms with E-state index in [1.54, 1.807) is 11.3 Å². The number of carbonyl (C=O) groups excluding carboxylic acids is 1. The molecule has 4 nitrogen and oxygen atoms in total. The van der Waals surface area contributed by atoms with Crippen LogP contribution in [0.2, 0.25) is 5.02 Å². The Morgan fingerprint density at radius 2 is 1.73 bits per heavy atom. The first-order chi connectivity index (χ1) is 14.6. The van der Waals surface area contributed by atoms with E-state index in [1.165, 1.54) is 15.3 Å². The van der Waals surface area contributed by atoms with Gasteiger partial charge in [-0.25, -0.2) is 0 Å². The number of benzene rings is 2. The molecule has 3 aromatic rings. The highest BCUT2D eigenvalue weighted by atomic mass is 35.5. The summed E-state index contributed by atoms with van der Waals surface area (Å²) in [6.45, 7) is 7.50. The molecule has 1 atom stereocenters. The molecular weight excluding hydrogens is 416 g/mol. The SMILES string of the molecule is Cc1sc(NC(=O)c2ccccc2)c(C(c2ccccc2Cl)[NH+]2CCOCC2)c1C. The second-order valence-electron chi connectivity index (χ2n) is 7.57. The van der Waals surface area contributed by atoms with Crippen molar-refractivity contribution in [1.82, 2.24) is 0 Å². The average molecular weight is 442 g/mol. The van der Waals surface area contributed by atoms with Crippen LogP contribution in [-0.4, -0.2) is 32.2 Å². The van der Waals surface area contributed by atoms with Crippen molar-refractivity contribution in [2.75, 3.05) is 31.6 Å². The third-order valence-electron chi connectivity index (χ3n) is 5.74. The number of rotatable bonds is 5. The van der Waals surface area contributed by atoms with Gasteiger partial charge in [-0.05, 0) is 37.6 Å². The van der Waals surface area contributed by atoms with Crippen molar-refractivity contribution in [3.8, 4) is 0 Å². The number of amides is 1. The summed E-state index contributed by atoms with van der Waals surface area (Å²) in [6, 6.07) is 17.4. The molecule has 1 aromatic heterocycles. The molecule has 4 rings (SSSR count). The lowest BCUT2D eigenvalue weighted by atomic mass is 9.94. The van der Waals surface area contributed by atoms with E-state index < -0.39 is 0 Å². The molecule has 2 aromatic carbocycles. The van der Waals surface area contributed by atoms with Gasteiger partial charge in [0, 0.05) is 16.0 Å². The molecule has 0 saturated carbocycles. The molecule has 0 spiro atoms. The first-order valence-electron chi connectivity index (χ1n) is 10.2. The van der Waals surface area contributed by atoms with Crippen molar-refractivity contribution < 1.29 is 14.4 Å². The number of thiophene rings is 1. The number of anilines is 1. The number of nitrogens with one attached hydrogen (secondary N) is 2. The summed E-state index contributed by atoms with van der Waals surface area (Å²) >= 11 is 8.31. The van der Waals surface area contributed by atoms with Crippen LogP contribution in [0.1, 0.15) is 38.0 Å². The van der Waals surface area contributed by atoms with Crippen molar-refractivity contribution >= 4 is 33.8 Å². The normalized spacial score (nSPS) is 15.7. The Balaban J connectivity index is 1.79. The van der Waals surface area contributed by atoms with Gasteiger partial charge in [-0.2, -0.15) is 0 Å². The Morgan fingerprint density at radius 3 is 2.43 bits per heavy atom. The number of carbonyl (C=O) groups is 1. The summed E-state index contributed by atoms with van der Waals surface area (Å²) in [5.41, 5.74) is 4.12. The van der Waals surface area contributed by atoms with Crippen LogP contribution in [0.3, 0.4) is 0 Å². The van der Waals surface area contributed by atoms with Crippen LogP contribution >= 0.6 is 22.9 Å². The molecule has 0 radical (unpaired) electrons. The fraction of sp³-hybridized carbons (Fsp3) is 0.292. The summed E-state index contributed by atoms with van der Waals surface area (Å²) in [4.78, 5) is 15.5. The minimum atomic E-state index is -0.0898. The van der Waals surface area contributed by atoms with E-state index in [-0.39, 0.29) is 11.9 Å². The molecule has 1 unspecified atom stereocenters. The van der Waals surface area contributed by atoms with Gasteiger partial charge in [0.2, 0.25) is 0 Å². The molecule has 156 valence electrons. The van der Waals surface area contributed by atoms with Gasteiger partial charge in [0.25, 0.3) is 5.91 Å². The molecule has 6 heteroatoms. The maximum Gasteiger partial charge on any atom is 0.256 e. The summed E-state index contributed by atoms with van der Waals surface area (Å²) in [6.07, 6.45) is 0. The number of hydrogen-bond acceptors (Lipinski definition) is 3. The Morgan fingerprint density at radius 1 is 1.07 bits per heavy atom. The van der Waals surface area contributed by atoms with Crippen LogP contribution in [0, 0.1) is 13.8 Å². The van der Waals surface area contributed by atoms with E-state index in [2.05, 4.69) is 25.2 Å². The predicted octanol–water partition coefficient (Wildman–Crippen LogP) is 4.28. The minimum absolute atomic E-state index is 0.0404. The van der Waals surface area contributed by atoms with Crippen molar-refractivity contribution in [2.45, 2.75) is 19.9 Å². The average Bonchev–Trinajstić information content (AvgIpc) is 3.04. The van der Waals surface area contributed by atoms with E-state index in [9.17, 15) is 4.79 Å². The lowest BCUT2D eigenvalue weighted by Gasteiger charge is -2.33. The second-order valence-corrected chi connectivity index (χ2v) is 9.20. The van der Waals surface area contributed by atoms with Crippen LogP contribution in [-0.2, 0) is 4.74 Å². The van der Waals surface area contributed by atoms with E-state index >= 15 is 0 Å². The van der Waals surface area contributed by atoms with E-state index in [0.717, 1.165) is 47.5 Å². The van der Waals surface area contributed by atoms with Gasteiger partial charge in [0.05, 0.1) is 23.8 Å². The number of aryl methyl sites for hydroxylation is 1. The zero-order valence-electron chi connectivity index (χ0n) is 17.2. The van der Waals surface area contributed by atoms with Crippen LogP contribution in [0.15, 0.2) is 54.6 Å². The zero-order chi connectivity index (χ0) is 21.1. The highest BCUT2D eigenvalue weighted by Gasteiger charge is 2.34. The van der Waals surface area contributed by atoms with Crippen LogP contribution in [0.25, 0.3) is 0 Å².